The molecule has 1 aromatic rings. The van der Waals surface area contributed by atoms with Gasteiger partial charge in [-0.3, -0.25) is 0 Å². The molecular formula is C15H29N5. The Kier molecular flexibility index (Phi) is 6.20. The second-order valence-electron chi connectivity index (χ2n) is 5.95. The lowest BCUT2D eigenvalue weighted by molar-refractivity contribution is 0.390. The fourth-order valence-electron chi connectivity index (χ4n) is 1.93. The van der Waals surface area contributed by atoms with Gasteiger partial charge >= 0.3 is 0 Å². The van der Waals surface area contributed by atoms with Crippen molar-refractivity contribution >= 4 is 11.6 Å². The minimum absolute atomic E-state index is 0.320. The zero-order valence-corrected chi connectivity index (χ0v) is 13.9. The zero-order chi connectivity index (χ0) is 15.3. The lowest BCUT2D eigenvalue weighted by atomic mass is 10.2. The topological polar surface area (TPSA) is 53.1 Å². The molecule has 0 aliphatic rings. The van der Waals surface area contributed by atoms with Crippen molar-refractivity contribution in [3.05, 3.63) is 11.4 Å². The van der Waals surface area contributed by atoms with E-state index in [9.17, 15) is 0 Å². The average Bonchev–Trinajstić information content (AvgIpc) is 2.38. The van der Waals surface area contributed by atoms with Gasteiger partial charge in [0.05, 0.1) is 0 Å². The van der Waals surface area contributed by atoms with Gasteiger partial charge in [0, 0.05) is 24.6 Å². The van der Waals surface area contributed by atoms with E-state index in [0.29, 0.717) is 12.0 Å². The summed E-state index contributed by atoms with van der Waals surface area (Å²) in [6, 6.07) is 0.385. The van der Waals surface area contributed by atoms with E-state index in [2.05, 4.69) is 67.3 Å². The highest BCUT2D eigenvalue weighted by Crippen LogP contribution is 2.23. The first-order valence-electron chi connectivity index (χ1n) is 7.32. The Bertz CT molecular complexity index is 429. The largest absolute Gasteiger partial charge is 0.373 e. The van der Waals surface area contributed by atoms with Crippen LogP contribution in [0, 0.1) is 6.92 Å². The first kappa shape index (κ1) is 16.7. The van der Waals surface area contributed by atoms with Crippen LogP contribution in [0.25, 0.3) is 0 Å². The molecule has 5 heteroatoms. The van der Waals surface area contributed by atoms with Crippen LogP contribution < -0.4 is 10.6 Å². The quantitative estimate of drug-likeness (QED) is 0.804. The Morgan fingerprint density at radius 3 is 2.20 bits per heavy atom. The number of hydrogen-bond acceptors (Lipinski definition) is 5. The summed E-state index contributed by atoms with van der Waals surface area (Å²) in [5, 5.41) is 6.67. The Balaban J connectivity index is 2.90. The third-order valence-corrected chi connectivity index (χ3v) is 3.31. The highest BCUT2D eigenvalue weighted by molar-refractivity contribution is 5.57. The number of hydrogen-bond donors (Lipinski definition) is 2. The lowest BCUT2D eigenvalue weighted by Gasteiger charge is -2.20. The van der Waals surface area contributed by atoms with Gasteiger partial charge in [0.2, 0.25) is 0 Å². The number of anilines is 2. The van der Waals surface area contributed by atoms with Crippen LogP contribution in [0.1, 0.15) is 44.5 Å². The molecule has 20 heavy (non-hydrogen) atoms. The monoisotopic (exact) mass is 279 g/mol. The summed E-state index contributed by atoms with van der Waals surface area (Å²) < 4.78 is 0. The normalized spacial score (nSPS) is 12.8. The zero-order valence-electron chi connectivity index (χ0n) is 13.9. The molecule has 0 aliphatic heterocycles. The van der Waals surface area contributed by atoms with Crippen LogP contribution in [0.5, 0.6) is 0 Å². The molecule has 0 saturated heterocycles. The summed E-state index contributed by atoms with van der Waals surface area (Å²) in [6.45, 7) is 9.54. The number of nitrogens with zero attached hydrogens (tertiary/aromatic N) is 3. The molecule has 1 atom stereocenters. The molecule has 0 saturated carbocycles. The summed E-state index contributed by atoms with van der Waals surface area (Å²) in [7, 11) is 6.09. The number of nitrogens with one attached hydrogen (secondary N) is 2. The highest BCUT2D eigenvalue weighted by Gasteiger charge is 2.14. The van der Waals surface area contributed by atoms with Gasteiger partial charge in [-0.05, 0) is 40.9 Å². The third-order valence-electron chi connectivity index (χ3n) is 3.31. The molecule has 0 aromatic carbocycles. The van der Waals surface area contributed by atoms with Gasteiger partial charge in [-0.1, -0.05) is 13.8 Å². The van der Waals surface area contributed by atoms with Crippen molar-refractivity contribution in [2.24, 2.45) is 0 Å². The van der Waals surface area contributed by atoms with E-state index in [4.69, 9.17) is 0 Å². The molecule has 0 radical (unpaired) electrons. The van der Waals surface area contributed by atoms with Crippen molar-refractivity contribution in [2.45, 2.75) is 46.1 Å². The fraction of sp³-hybridized carbons (Fsp3) is 0.733. The number of aromatic nitrogens is 2. The first-order chi connectivity index (χ1) is 9.35. The Morgan fingerprint density at radius 1 is 1.10 bits per heavy atom. The third kappa shape index (κ3) is 4.63. The minimum Gasteiger partial charge on any atom is -0.373 e. The van der Waals surface area contributed by atoms with Crippen molar-refractivity contribution in [3.8, 4) is 0 Å². The molecule has 0 bridgehead atoms. The van der Waals surface area contributed by atoms with Crippen molar-refractivity contribution in [1.82, 2.24) is 14.9 Å². The Hall–Kier alpha value is -1.36. The summed E-state index contributed by atoms with van der Waals surface area (Å²) in [6.07, 6.45) is 1.09. The van der Waals surface area contributed by atoms with Crippen LogP contribution >= 0.6 is 0 Å². The molecule has 0 fully saturated rings. The second-order valence-corrected chi connectivity index (χ2v) is 5.95. The average molecular weight is 279 g/mol. The second kappa shape index (κ2) is 7.43. The molecule has 0 aliphatic carbocycles. The molecule has 1 heterocycles. The van der Waals surface area contributed by atoms with Gasteiger partial charge in [-0.2, -0.15) is 0 Å². The summed E-state index contributed by atoms with van der Waals surface area (Å²) in [5.41, 5.74) is 1.08. The smallest absolute Gasteiger partial charge is 0.135 e. The Labute approximate surface area is 123 Å². The standard InChI is InChI=1S/C15H29N5/c1-10(2)13-18-14(16-5)12(4)15(19-13)17-11(3)8-9-20(6)7/h10-11H,8-9H2,1-7H3,(H2,16,17,18,19). The summed E-state index contributed by atoms with van der Waals surface area (Å²) in [4.78, 5) is 11.4. The van der Waals surface area contributed by atoms with Crippen molar-refractivity contribution < 1.29 is 0 Å². The van der Waals surface area contributed by atoms with Gasteiger partial charge in [-0.15, -0.1) is 0 Å². The van der Waals surface area contributed by atoms with Gasteiger partial charge in [0.1, 0.15) is 17.5 Å². The van der Waals surface area contributed by atoms with E-state index >= 15 is 0 Å². The van der Waals surface area contributed by atoms with E-state index in [-0.39, 0.29) is 0 Å². The van der Waals surface area contributed by atoms with Gasteiger partial charge in [0.15, 0.2) is 0 Å². The summed E-state index contributed by atoms with van der Waals surface area (Å²) in [5.74, 6) is 3.05. The molecule has 114 valence electrons. The maximum absolute atomic E-state index is 4.67. The van der Waals surface area contributed by atoms with E-state index in [1.165, 1.54) is 0 Å². The SMILES string of the molecule is CNc1nc(C(C)C)nc(NC(C)CCN(C)C)c1C. The van der Waals surface area contributed by atoms with Crippen LogP contribution in [0.4, 0.5) is 11.6 Å². The minimum atomic E-state index is 0.320. The fourth-order valence-corrected chi connectivity index (χ4v) is 1.93. The van der Waals surface area contributed by atoms with Crippen molar-refractivity contribution in [2.75, 3.05) is 38.3 Å². The Morgan fingerprint density at radius 2 is 1.70 bits per heavy atom. The van der Waals surface area contributed by atoms with Crippen LogP contribution in [0.2, 0.25) is 0 Å². The molecule has 0 amide bonds. The van der Waals surface area contributed by atoms with Crippen LogP contribution in [-0.4, -0.2) is 48.6 Å². The predicted molar refractivity (Wildman–Crippen MR) is 86.7 cm³/mol. The maximum atomic E-state index is 4.67. The van der Waals surface area contributed by atoms with Gasteiger partial charge < -0.3 is 15.5 Å². The molecule has 1 rings (SSSR count). The first-order valence-corrected chi connectivity index (χ1v) is 7.32. The molecule has 5 nitrogen and oxygen atoms in total. The highest BCUT2D eigenvalue weighted by atomic mass is 15.1. The van der Waals surface area contributed by atoms with E-state index < -0.39 is 0 Å². The van der Waals surface area contributed by atoms with Crippen LogP contribution in [-0.2, 0) is 0 Å². The van der Waals surface area contributed by atoms with Crippen molar-refractivity contribution in [3.63, 3.8) is 0 Å². The van der Waals surface area contributed by atoms with E-state index in [1.807, 2.05) is 7.05 Å². The summed E-state index contributed by atoms with van der Waals surface area (Å²) >= 11 is 0. The van der Waals surface area contributed by atoms with Crippen LogP contribution in [0.3, 0.4) is 0 Å². The molecule has 1 unspecified atom stereocenters. The maximum Gasteiger partial charge on any atom is 0.135 e. The predicted octanol–water partition coefficient (Wildman–Crippen LogP) is 2.70. The number of rotatable bonds is 7. The molecule has 1 aromatic heterocycles. The van der Waals surface area contributed by atoms with Gasteiger partial charge in [0.25, 0.3) is 0 Å². The van der Waals surface area contributed by atoms with Crippen molar-refractivity contribution in [1.29, 1.82) is 0 Å². The van der Waals surface area contributed by atoms with Gasteiger partial charge in [-0.25, -0.2) is 9.97 Å². The van der Waals surface area contributed by atoms with Crippen LogP contribution in [0.15, 0.2) is 0 Å². The molecular weight excluding hydrogens is 250 g/mol. The lowest BCUT2D eigenvalue weighted by Crippen LogP contribution is -2.24. The molecule has 0 spiro atoms. The molecule has 2 N–H and O–H groups in total. The van der Waals surface area contributed by atoms with E-state index in [1.54, 1.807) is 0 Å². The van der Waals surface area contributed by atoms with E-state index in [0.717, 1.165) is 36.0 Å².